The van der Waals surface area contributed by atoms with Crippen LogP contribution in [0.1, 0.15) is 63.0 Å². The molecule has 1 aliphatic rings. The summed E-state index contributed by atoms with van der Waals surface area (Å²) in [5, 5.41) is 14.6. The van der Waals surface area contributed by atoms with Crippen LogP contribution in [0, 0.1) is 5.92 Å². The van der Waals surface area contributed by atoms with Crippen LogP contribution in [0.5, 0.6) is 0 Å². The van der Waals surface area contributed by atoms with Crippen LogP contribution in [0.2, 0.25) is 0 Å². The maximum atomic E-state index is 12.6. The molecule has 0 saturated heterocycles. The second-order valence-corrected chi connectivity index (χ2v) is 8.89. The number of benzene rings is 2. The highest BCUT2D eigenvalue weighted by atomic mass is 16.5. The van der Waals surface area contributed by atoms with Crippen LogP contribution in [-0.4, -0.2) is 42.3 Å². The molecule has 0 bridgehead atoms. The lowest BCUT2D eigenvalue weighted by atomic mass is 9.98. The van der Waals surface area contributed by atoms with E-state index in [1.165, 1.54) is 11.1 Å². The molecule has 2 aromatic rings. The fourth-order valence-electron chi connectivity index (χ4n) is 4.44. The molecule has 7 nitrogen and oxygen atoms in total. The Morgan fingerprint density at radius 3 is 2.21 bits per heavy atom. The van der Waals surface area contributed by atoms with E-state index < -0.39 is 18.0 Å². The summed E-state index contributed by atoms with van der Waals surface area (Å²) >= 11 is 0. The minimum atomic E-state index is -0.832. The van der Waals surface area contributed by atoms with Crippen LogP contribution < -0.4 is 10.6 Å². The Kier molecular flexibility index (Phi) is 9.08. The monoisotopic (exact) mass is 466 g/mol. The lowest BCUT2D eigenvalue weighted by molar-refractivity contribution is -0.141. The number of alkyl carbamates (subject to hydrolysis) is 1. The van der Waals surface area contributed by atoms with Gasteiger partial charge in [-0.3, -0.25) is 9.59 Å². The summed E-state index contributed by atoms with van der Waals surface area (Å²) in [7, 11) is 0. The Balaban J connectivity index is 1.49. The van der Waals surface area contributed by atoms with Gasteiger partial charge in [-0.2, -0.15) is 0 Å². The smallest absolute Gasteiger partial charge is 0.407 e. The summed E-state index contributed by atoms with van der Waals surface area (Å²) in [6.45, 7) is 4.30. The molecule has 0 radical (unpaired) electrons. The van der Waals surface area contributed by atoms with Crippen LogP contribution in [0.3, 0.4) is 0 Å². The fourth-order valence-corrected chi connectivity index (χ4v) is 4.44. The minimum Gasteiger partial charge on any atom is -0.481 e. The number of nitrogens with one attached hydrogen (secondary N) is 2. The molecule has 7 heteroatoms. The summed E-state index contributed by atoms with van der Waals surface area (Å²) < 4.78 is 5.61. The number of rotatable bonds is 12. The number of carbonyl (C=O) groups is 3. The number of ether oxygens (including phenoxy) is 1. The summed E-state index contributed by atoms with van der Waals surface area (Å²) in [6, 6.07) is 16.0. The number of hydrogen-bond acceptors (Lipinski definition) is 4. The molecule has 1 unspecified atom stereocenters. The van der Waals surface area contributed by atoms with E-state index in [0.29, 0.717) is 25.8 Å². The minimum absolute atomic E-state index is 0.0146. The molecule has 34 heavy (non-hydrogen) atoms. The van der Waals surface area contributed by atoms with Crippen molar-refractivity contribution in [2.24, 2.45) is 5.92 Å². The Hall–Kier alpha value is -3.35. The molecule has 0 fully saturated rings. The van der Waals surface area contributed by atoms with Crippen LogP contribution in [-0.2, 0) is 14.3 Å². The molecule has 3 N–H and O–H groups in total. The topological polar surface area (TPSA) is 105 Å². The highest BCUT2D eigenvalue weighted by Gasteiger charge is 2.29. The van der Waals surface area contributed by atoms with E-state index in [4.69, 9.17) is 9.84 Å². The molecule has 2 atom stereocenters. The molecule has 182 valence electrons. The molecule has 0 saturated carbocycles. The quantitative estimate of drug-likeness (QED) is 0.393. The van der Waals surface area contributed by atoms with Crippen LogP contribution in [0.25, 0.3) is 11.1 Å². The van der Waals surface area contributed by atoms with Gasteiger partial charge in [-0.1, -0.05) is 68.8 Å². The first kappa shape index (κ1) is 25.3. The van der Waals surface area contributed by atoms with E-state index in [9.17, 15) is 14.4 Å². The van der Waals surface area contributed by atoms with E-state index in [1.807, 2.05) is 31.2 Å². The van der Waals surface area contributed by atoms with Crippen molar-refractivity contribution in [1.82, 2.24) is 10.6 Å². The second kappa shape index (κ2) is 12.2. The number of carboxylic acid groups (broad SMARTS) is 1. The van der Waals surface area contributed by atoms with Crippen molar-refractivity contribution in [1.29, 1.82) is 0 Å². The van der Waals surface area contributed by atoms with E-state index in [2.05, 4.69) is 34.9 Å². The average molecular weight is 467 g/mol. The van der Waals surface area contributed by atoms with Crippen LogP contribution in [0.4, 0.5) is 4.79 Å². The molecule has 2 amide bonds. The first-order valence-electron chi connectivity index (χ1n) is 12.0. The molecular weight excluding hydrogens is 432 g/mol. The van der Waals surface area contributed by atoms with E-state index in [0.717, 1.165) is 17.5 Å². The Labute approximate surface area is 200 Å². The van der Waals surface area contributed by atoms with Crippen molar-refractivity contribution in [3.8, 4) is 11.1 Å². The average Bonchev–Trinajstić information content (AvgIpc) is 3.14. The third kappa shape index (κ3) is 6.59. The summed E-state index contributed by atoms with van der Waals surface area (Å²) in [4.78, 5) is 35.7. The van der Waals surface area contributed by atoms with E-state index in [-0.39, 0.29) is 30.9 Å². The first-order chi connectivity index (χ1) is 16.4. The third-order valence-corrected chi connectivity index (χ3v) is 6.29. The predicted octanol–water partition coefficient (Wildman–Crippen LogP) is 4.70. The van der Waals surface area contributed by atoms with Crippen LogP contribution in [0.15, 0.2) is 48.5 Å². The van der Waals surface area contributed by atoms with Crippen LogP contribution >= 0.6 is 0 Å². The van der Waals surface area contributed by atoms with Gasteiger partial charge in [0.05, 0.1) is 5.92 Å². The number of hydrogen-bond donors (Lipinski definition) is 3. The summed E-state index contributed by atoms with van der Waals surface area (Å²) in [5.74, 6) is -1.44. The Bertz CT molecular complexity index is 961. The normalized spacial score (nSPS) is 13.9. The Morgan fingerprint density at radius 1 is 1.00 bits per heavy atom. The fraction of sp³-hybridized carbons (Fsp3) is 0.444. The van der Waals surface area contributed by atoms with Gasteiger partial charge in [0.2, 0.25) is 5.91 Å². The molecule has 1 aliphatic carbocycles. The number of carbonyl (C=O) groups excluding carboxylic acids is 2. The first-order valence-corrected chi connectivity index (χ1v) is 12.0. The maximum absolute atomic E-state index is 12.6. The van der Waals surface area contributed by atoms with Crippen molar-refractivity contribution in [3.05, 3.63) is 59.7 Å². The van der Waals surface area contributed by atoms with Gasteiger partial charge in [0.25, 0.3) is 0 Å². The van der Waals surface area contributed by atoms with Crippen molar-refractivity contribution in [3.63, 3.8) is 0 Å². The Morgan fingerprint density at radius 2 is 1.62 bits per heavy atom. The number of fused-ring (bicyclic) bond motifs is 3. The van der Waals surface area contributed by atoms with Crippen molar-refractivity contribution < 1.29 is 24.2 Å². The molecule has 0 spiro atoms. The molecule has 0 aliphatic heterocycles. The zero-order chi connectivity index (χ0) is 24.5. The number of aliphatic carboxylic acids is 1. The van der Waals surface area contributed by atoms with E-state index >= 15 is 0 Å². The van der Waals surface area contributed by atoms with Crippen molar-refractivity contribution in [2.45, 2.75) is 57.9 Å². The van der Waals surface area contributed by atoms with Gasteiger partial charge < -0.3 is 20.5 Å². The molecule has 3 rings (SSSR count). The highest BCUT2D eigenvalue weighted by Crippen LogP contribution is 2.44. The highest BCUT2D eigenvalue weighted by molar-refractivity contribution is 5.79. The zero-order valence-corrected chi connectivity index (χ0v) is 19.9. The van der Waals surface area contributed by atoms with Gasteiger partial charge in [-0.25, -0.2) is 4.79 Å². The SMILES string of the molecule is CCC[C@H](CC(=O)NCCCC(C)C(=O)O)NC(=O)OCC1c2ccccc2-c2ccccc21. The van der Waals surface area contributed by atoms with Gasteiger partial charge in [-0.05, 0) is 41.5 Å². The third-order valence-electron chi connectivity index (χ3n) is 6.29. The summed E-state index contributed by atoms with van der Waals surface area (Å²) in [5.41, 5.74) is 4.65. The van der Waals surface area contributed by atoms with Crippen molar-refractivity contribution in [2.75, 3.05) is 13.2 Å². The molecular formula is C27H34N2O5. The lowest BCUT2D eigenvalue weighted by Crippen LogP contribution is -2.40. The predicted molar refractivity (Wildman–Crippen MR) is 131 cm³/mol. The largest absolute Gasteiger partial charge is 0.481 e. The summed E-state index contributed by atoms with van der Waals surface area (Å²) in [6.07, 6.45) is 2.21. The van der Waals surface area contributed by atoms with Gasteiger partial charge in [0, 0.05) is 24.9 Å². The molecule has 0 aromatic heterocycles. The number of carboxylic acids is 1. The van der Waals surface area contributed by atoms with Gasteiger partial charge in [-0.15, -0.1) is 0 Å². The second-order valence-electron chi connectivity index (χ2n) is 8.89. The van der Waals surface area contributed by atoms with Gasteiger partial charge in [0.1, 0.15) is 6.61 Å². The molecule has 0 heterocycles. The van der Waals surface area contributed by atoms with Gasteiger partial charge in [0.15, 0.2) is 0 Å². The van der Waals surface area contributed by atoms with Crippen molar-refractivity contribution >= 4 is 18.0 Å². The zero-order valence-electron chi connectivity index (χ0n) is 19.9. The maximum Gasteiger partial charge on any atom is 0.407 e. The van der Waals surface area contributed by atoms with Gasteiger partial charge >= 0.3 is 12.1 Å². The lowest BCUT2D eigenvalue weighted by Gasteiger charge is -2.19. The molecule has 2 aromatic carbocycles. The standard InChI is InChI=1S/C27H34N2O5/c1-3-9-19(16-25(30)28-15-8-10-18(2)26(31)32)29-27(33)34-17-24-22-13-6-4-11-20(22)21-12-5-7-14-23(21)24/h4-7,11-14,18-19,24H,3,8-10,15-17H2,1-2H3,(H,28,30)(H,29,33)(H,31,32)/t18?,19-/m1/s1. The van der Waals surface area contributed by atoms with E-state index in [1.54, 1.807) is 6.92 Å². The number of amides is 2.